The summed E-state index contributed by atoms with van der Waals surface area (Å²) in [7, 11) is 0. The lowest BCUT2D eigenvalue weighted by Gasteiger charge is -2.07. The van der Waals surface area contributed by atoms with Crippen LogP contribution in [0.2, 0.25) is 0 Å². The van der Waals surface area contributed by atoms with Crippen LogP contribution in [0.1, 0.15) is 39.2 Å². The molecule has 0 saturated heterocycles. The van der Waals surface area contributed by atoms with Crippen LogP contribution in [-0.4, -0.2) is 17.5 Å². The second-order valence-corrected chi connectivity index (χ2v) is 4.73. The molecule has 1 rings (SSSR count). The summed E-state index contributed by atoms with van der Waals surface area (Å²) in [6.45, 7) is 7.63. The fourth-order valence-electron chi connectivity index (χ4n) is 1.35. The van der Waals surface area contributed by atoms with Crippen molar-refractivity contribution in [3.8, 4) is 0 Å². The van der Waals surface area contributed by atoms with E-state index in [1.165, 1.54) is 5.56 Å². The van der Waals surface area contributed by atoms with Gasteiger partial charge in [0.05, 0.1) is 0 Å². The predicted molar refractivity (Wildman–Crippen MR) is 76.1 cm³/mol. The molecule has 1 aromatic rings. The summed E-state index contributed by atoms with van der Waals surface area (Å²) in [6.07, 6.45) is 0. The Hall–Kier alpha value is -2.17. The van der Waals surface area contributed by atoms with Crippen molar-refractivity contribution in [1.82, 2.24) is 5.43 Å². The summed E-state index contributed by atoms with van der Waals surface area (Å²) in [5.74, 6) is -1.09. The molecule has 0 fully saturated rings. The van der Waals surface area contributed by atoms with Gasteiger partial charge in [0.2, 0.25) is 0 Å². The lowest BCUT2D eigenvalue weighted by atomic mass is 10.0. The largest absolute Gasteiger partial charge is 0.329 e. The van der Waals surface area contributed by atoms with Crippen molar-refractivity contribution in [2.45, 2.75) is 33.6 Å². The number of carbonyl (C=O) groups excluding carboxylic acids is 2. The molecule has 5 nitrogen and oxygen atoms in total. The van der Waals surface area contributed by atoms with E-state index in [1.54, 1.807) is 26.0 Å². The van der Waals surface area contributed by atoms with Gasteiger partial charge in [0.15, 0.2) is 0 Å². The van der Waals surface area contributed by atoms with Crippen molar-refractivity contribution in [3.63, 3.8) is 0 Å². The van der Waals surface area contributed by atoms with E-state index >= 15 is 0 Å². The highest BCUT2D eigenvalue weighted by Gasteiger charge is 2.12. The fraction of sp³-hybridized carbons (Fsp3) is 0.357. The van der Waals surface area contributed by atoms with Gasteiger partial charge >= 0.3 is 11.8 Å². The zero-order valence-electron chi connectivity index (χ0n) is 11.7. The van der Waals surface area contributed by atoms with Crippen LogP contribution in [0.4, 0.5) is 5.69 Å². The van der Waals surface area contributed by atoms with Crippen LogP contribution in [0.5, 0.6) is 0 Å². The molecule has 1 aromatic carbocycles. The lowest BCUT2D eigenvalue weighted by molar-refractivity contribution is -0.136. The van der Waals surface area contributed by atoms with Gasteiger partial charge in [-0.15, -0.1) is 0 Å². The van der Waals surface area contributed by atoms with E-state index in [0.29, 0.717) is 17.3 Å². The van der Waals surface area contributed by atoms with Crippen LogP contribution < -0.4 is 10.7 Å². The summed E-state index contributed by atoms with van der Waals surface area (Å²) in [4.78, 5) is 22.9. The minimum Gasteiger partial charge on any atom is -0.318 e. The molecule has 2 N–H and O–H groups in total. The molecule has 0 heterocycles. The van der Waals surface area contributed by atoms with E-state index in [4.69, 9.17) is 0 Å². The molecule has 0 aliphatic rings. The van der Waals surface area contributed by atoms with Gasteiger partial charge in [-0.05, 0) is 37.5 Å². The van der Waals surface area contributed by atoms with Crippen LogP contribution in [0, 0.1) is 0 Å². The highest BCUT2D eigenvalue weighted by molar-refractivity contribution is 6.39. The number of hydrazone groups is 1. The van der Waals surface area contributed by atoms with Gasteiger partial charge < -0.3 is 5.32 Å². The van der Waals surface area contributed by atoms with Gasteiger partial charge in [-0.2, -0.15) is 5.10 Å². The minimum atomic E-state index is -0.783. The number of anilines is 1. The van der Waals surface area contributed by atoms with Crippen molar-refractivity contribution in [2.24, 2.45) is 5.10 Å². The van der Waals surface area contributed by atoms with E-state index < -0.39 is 11.8 Å². The Morgan fingerprint density at radius 3 is 2.11 bits per heavy atom. The van der Waals surface area contributed by atoms with Gasteiger partial charge in [0, 0.05) is 11.4 Å². The molecule has 0 atom stereocenters. The SMILES string of the molecule is CC(C)=NNC(=O)C(=O)Nc1ccc(C(C)C)cc1. The van der Waals surface area contributed by atoms with Crippen molar-refractivity contribution in [1.29, 1.82) is 0 Å². The number of carbonyl (C=O) groups is 2. The third-order valence-electron chi connectivity index (χ3n) is 2.42. The van der Waals surface area contributed by atoms with E-state index in [2.05, 4.69) is 29.7 Å². The molecule has 0 radical (unpaired) electrons. The zero-order chi connectivity index (χ0) is 14.4. The average molecular weight is 261 g/mol. The Morgan fingerprint density at radius 1 is 1.05 bits per heavy atom. The molecule has 19 heavy (non-hydrogen) atoms. The molecule has 0 saturated carbocycles. The second kappa shape index (κ2) is 6.68. The molecular weight excluding hydrogens is 242 g/mol. The van der Waals surface area contributed by atoms with Crippen molar-refractivity contribution in [3.05, 3.63) is 29.8 Å². The Balaban J connectivity index is 2.61. The van der Waals surface area contributed by atoms with E-state index in [0.717, 1.165) is 0 Å². The van der Waals surface area contributed by atoms with Gasteiger partial charge in [0.25, 0.3) is 0 Å². The second-order valence-electron chi connectivity index (χ2n) is 4.73. The molecule has 0 aliphatic carbocycles. The molecule has 0 bridgehead atoms. The average Bonchev–Trinajstić information content (AvgIpc) is 2.36. The van der Waals surface area contributed by atoms with Gasteiger partial charge in [-0.3, -0.25) is 9.59 Å². The maximum absolute atomic E-state index is 11.6. The highest BCUT2D eigenvalue weighted by atomic mass is 16.2. The summed E-state index contributed by atoms with van der Waals surface area (Å²) < 4.78 is 0. The summed E-state index contributed by atoms with van der Waals surface area (Å²) in [6, 6.07) is 7.39. The van der Waals surface area contributed by atoms with Crippen LogP contribution >= 0.6 is 0 Å². The Labute approximate surface area is 113 Å². The Morgan fingerprint density at radius 2 is 1.63 bits per heavy atom. The molecule has 0 spiro atoms. The van der Waals surface area contributed by atoms with Gasteiger partial charge in [0.1, 0.15) is 0 Å². The first-order valence-corrected chi connectivity index (χ1v) is 6.12. The van der Waals surface area contributed by atoms with E-state index in [-0.39, 0.29) is 0 Å². The minimum absolute atomic E-state index is 0.426. The molecular formula is C14H19N3O2. The standard InChI is InChI=1S/C14H19N3O2/c1-9(2)11-5-7-12(8-6-11)15-13(18)14(19)17-16-10(3)4/h5-9H,1-4H3,(H,15,18)(H,17,19). The third kappa shape index (κ3) is 4.91. The van der Waals surface area contributed by atoms with Gasteiger partial charge in [-0.25, -0.2) is 5.43 Å². The first-order chi connectivity index (χ1) is 8.90. The van der Waals surface area contributed by atoms with Crippen molar-refractivity contribution < 1.29 is 9.59 Å². The number of hydrogen-bond acceptors (Lipinski definition) is 3. The third-order valence-corrected chi connectivity index (χ3v) is 2.42. The number of benzene rings is 1. The number of nitrogens with one attached hydrogen (secondary N) is 2. The Bertz CT molecular complexity index is 486. The summed E-state index contributed by atoms with van der Waals surface area (Å²) in [5, 5.41) is 6.19. The van der Waals surface area contributed by atoms with Crippen LogP contribution in [-0.2, 0) is 9.59 Å². The number of hydrogen-bond donors (Lipinski definition) is 2. The maximum atomic E-state index is 11.6. The summed E-state index contributed by atoms with van der Waals surface area (Å²) >= 11 is 0. The van der Waals surface area contributed by atoms with Gasteiger partial charge in [-0.1, -0.05) is 26.0 Å². The first-order valence-electron chi connectivity index (χ1n) is 6.12. The first kappa shape index (κ1) is 14.9. The topological polar surface area (TPSA) is 70.6 Å². The zero-order valence-corrected chi connectivity index (χ0v) is 11.7. The molecule has 0 unspecified atom stereocenters. The summed E-state index contributed by atoms with van der Waals surface area (Å²) in [5.41, 5.74) is 4.60. The number of amides is 2. The van der Waals surface area contributed by atoms with Crippen LogP contribution in [0.25, 0.3) is 0 Å². The highest BCUT2D eigenvalue weighted by Crippen LogP contribution is 2.16. The quantitative estimate of drug-likeness (QED) is 0.498. The molecule has 5 heteroatoms. The predicted octanol–water partition coefficient (Wildman–Crippen LogP) is 2.26. The molecule has 0 aliphatic heterocycles. The lowest BCUT2D eigenvalue weighted by Crippen LogP contribution is -2.32. The normalized spacial score (nSPS) is 9.95. The maximum Gasteiger partial charge on any atom is 0.329 e. The van der Waals surface area contributed by atoms with E-state index in [1.807, 2.05) is 12.1 Å². The molecule has 2 amide bonds. The number of nitrogens with zero attached hydrogens (tertiary/aromatic N) is 1. The number of rotatable bonds is 3. The smallest absolute Gasteiger partial charge is 0.318 e. The van der Waals surface area contributed by atoms with Crippen molar-refractivity contribution in [2.75, 3.05) is 5.32 Å². The Kier molecular flexibility index (Phi) is 5.23. The van der Waals surface area contributed by atoms with Crippen LogP contribution in [0.15, 0.2) is 29.4 Å². The monoisotopic (exact) mass is 261 g/mol. The molecule has 0 aromatic heterocycles. The van der Waals surface area contributed by atoms with Crippen LogP contribution in [0.3, 0.4) is 0 Å². The fourth-order valence-corrected chi connectivity index (χ4v) is 1.35. The van der Waals surface area contributed by atoms with E-state index in [9.17, 15) is 9.59 Å². The molecule has 102 valence electrons. The van der Waals surface area contributed by atoms with Crippen molar-refractivity contribution >= 4 is 23.2 Å².